The zero-order valence-electron chi connectivity index (χ0n) is 13.6. The first-order chi connectivity index (χ1) is 12.3. The Labute approximate surface area is 144 Å². The van der Waals surface area contributed by atoms with Crippen LogP contribution in [0.3, 0.4) is 0 Å². The number of aromatic amines is 1. The molecule has 6 nitrogen and oxygen atoms in total. The summed E-state index contributed by atoms with van der Waals surface area (Å²) >= 11 is 0. The normalized spacial score (nSPS) is 17.0. The maximum absolute atomic E-state index is 12.9. The van der Waals surface area contributed by atoms with Gasteiger partial charge in [-0.3, -0.25) is 5.10 Å². The molecule has 1 saturated heterocycles. The molecule has 1 aliphatic rings. The monoisotopic (exact) mass is 339 g/mol. The van der Waals surface area contributed by atoms with E-state index in [0.717, 1.165) is 36.8 Å². The summed E-state index contributed by atoms with van der Waals surface area (Å²) in [6.07, 6.45) is 4.53. The van der Waals surface area contributed by atoms with E-state index in [1.54, 1.807) is 24.5 Å². The van der Waals surface area contributed by atoms with Gasteiger partial charge in [0.2, 0.25) is 5.95 Å². The van der Waals surface area contributed by atoms with Gasteiger partial charge < -0.3 is 9.64 Å². The second kappa shape index (κ2) is 6.88. The van der Waals surface area contributed by atoms with E-state index < -0.39 is 0 Å². The van der Waals surface area contributed by atoms with Crippen molar-refractivity contribution >= 4 is 5.95 Å². The number of nitrogens with one attached hydrogen (secondary N) is 1. The molecule has 1 atom stereocenters. The maximum Gasteiger partial charge on any atom is 0.225 e. The number of anilines is 1. The predicted molar refractivity (Wildman–Crippen MR) is 90.9 cm³/mol. The van der Waals surface area contributed by atoms with Crippen LogP contribution in [0.2, 0.25) is 0 Å². The average Bonchev–Trinajstić information content (AvgIpc) is 3.31. The van der Waals surface area contributed by atoms with Crippen LogP contribution in [-0.2, 0) is 6.61 Å². The Morgan fingerprint density at radius 1 is 1.20 bits per heavy atom. The first-order valence-electron chi connectivity index (χ1n) is 8.22. The van der Waals surface area contributed by atoms with E-state index in [-0.39, 0.29) is 5.82 Å². The van der Waals surface area contributed by atoms with Crippen LogP contribution in [0.15, 0.2) is 48.8 Å². The highest BCUT2D eigenvalue weighted by molar-refractivity contribution is 5.33. The summed E-state index contributed by atoms with van der Waals surface area (Å²) in [6.45, 7) is 2.15. The number of aromatic nitrogens is 4. The van der Waals surface area contributed by atoms with Crippen LogP contribution >= 0.6 is 0 Å². The number of hydrogen-bond acceptors (Lipinski definition) is 5. The lowest BCUT2D eigenvalue weighted by atomic mass is 10.1. The number of rotatable bonds is 5. The molecule has 3 heterocycles. The Hall–Kier alpha value is -2.96. The largest absolute Gasteiger partial charge is 0.487 e. The van der Waals surface area contributed by atoms with Crippen molar-refractivity contribution in [2.45, 2.75) is 18.9 Å². The molecule has 25 heavy (non-hydrogen) atoms. The minimum absolute atomic E-state index is 0.274. The maximum atomic E-state index is 12.9. The van der Waals surface area contributed by atoms with Gasteiger partial charge >= 0.3 is 0 Å². The molecule has 4 rings (SSSR count). The summed E-state index contributed by atoms with van der Waals surface area (Å²) in [7, 11) is 0. The lowest BCUT2D eigenvalue weighted by Gasteiger charge is -2.14. The molecule has 0 unspecified atom stereocenters. The Bertz CT molecular complexity index is 821. The molecule has 0 spiro atoms. The van der Waals surface area contributed by atoms with Crippen LogP contribution in [0, 0.1) is 5.82 Å². The van der Waals surface area contributed by atoms with Gasteiger partial charge in [0.15, 0.2) is 0 Å². The van der Waals surface area contributed by atoms with Crippen molar-refractivity contribution in [3.63, 3.8) is 0 Å². The zero-order valence-corrected chi connectivity index (χ0v) is 13.6. The van der Waals surface area contributed by atoms with E-state index in [0.29, 0.717) is 18.3 Å². The fourth-order valence-electron chi connectivity index (χ4n) is 2.99. The molecule has 1 aliphatic heterocycles. The van der Waals surface area contributed by atoms with Crippen LogP contribution in [0.5, 0.6) is 5.75 Å². The topological polar surface area (TPSA) is 66.9 Å². The highest BCUT2D eigenvalue weighted by Crippen LogP contribution is 2.28. The van der Waals surface area contributed by atoms with Crippen molar-refractivity contribution in [1.29, 1.82) is 0 Å². The molecule has 3 aromatic rings. The molecule has 1 fully saturated rings. The second-order valence-corrected chi connectivity index (χ2v) is 6.04. The Morgan fingerprint density at radius 3 is 2.80 bits per heavy atom. The van der Waals surface area contributed by atoms with Gasteiger partial charge in [0.1, 0.15) is 18.2 Å². The van der Waals surface area contributed by atoms with E-state index in [9.17, 15) is 4.39 Å². The highest BCUT2D eigenvalue weighted by Gasteiger charge is 2.27. The van der Waals surface area contributed by atoms with Gasteiger partial charge in [0, 0.05) is 31.4 Å². The van der Waals surface area contributed by atoms with Crippen molar-refractivity contribution in [2.24, 2.45) is 0 Å². The average molecular weight is 339 g/mol. The number of ether oxygens (including phenoxy) is 1. The van der Waals surface area contributed by atoms with Gasteiger partial charge in [-0.05, 0) is 42.8 Å². The highest BCUT2D eigenvalue weighted by atomic mass is 19.1. The van der Waals surface area contributed by atoms with Gasteiger partial charge in [-0.1, -0.05) is 0 Å². The van der Waals surface area contributed by atoms with Crippen molar-refractivity contribution < 1.29 is 9.13 Å². The van der Waals surface area contributed by atoms with Crippen LogP contribution in [0.4, 0.5) is 10.3 Å². The van der Waals surface area contributed by atoms with E-state index >= 15 is 0 Å². The molecule has 1 aromatic carbocycles. The molecule has 0 amide bonds. The van der Waals surface area contributed by atoms with E-state index in [4.69, 9.17) is 4.74 Å². The summed E-state index contributed by atoms with van der Waals surface area (Å²) in [5.41, 5.74) is 1.92. The molecule has 128 valence electrons. The molecular formula is C18H18FN5O. The smallest absolute Gasteiger partial charge is 0.225 e. The minimum Gasteiger partial charge on any atom is -0.487 e. The van der Waals surface area contributed by atoms with Crippen LogP contribution in [0.25, 0.3) is 0 Å². The van der Waals surface area contributed by atoms with Crippen LogP contribution in [0.1, 0.15) is 23.7 Å². The van der Waals surface area contributed by atoms with Gasteiger partial charge in [-0.2, -0.15) is 5.10 Å². The lowest BCUT2D eigenvalue weighted by Crippen LogP contribution is -2.21. The van der Waals surface area contributed by atoms with Gasteiger partial charge in [-0.15, -0.1) is 0 Å². The third kappa shape index (κ3) is 3.60. The zero-order chi connectivity index (χ0) is 17.1. The molecular weight excluding hydrogens is 321 g/mol. The van der Waals surface area contributed by atoms with Crippen molar-refractivity contribution in [3.8, 4) is 5.75 Å². The predicted octanol–water partition coefficient (Wildman–Crippen LogP) is 2.91. The summed E-state index contributed by atoms with van der Waals surface area (Å²) in [5.74, 6) is 1.47. The first kappa shape index (κ1) is 15.6. The van der Waals surface area contributed by atoms with E-state index in [2.05, 4.69) is 25.1 Å². The summed E-state index contributed by atoms with van der Waals surface area (Å²) in [5, 5.41) is 7.44. The first-order valence-corrected chi connectivity index (χ1v) is 8.22. The van der Waals surface area contributed by atoms with Crippen molar-refractivity contribution in [3.05, 3.63) is 66.0 Å². The van der Waals surface area contributed by atoms with Crippen molar-refractivity contribution in [2.75, 3.05) is 18.0 Å². The standard InChI is InChI=1S/C18H18FN5O/c19-14-2-4-16(5-3-14)25-12-15-10-17(23-22-15)13-6-9-24(11-13)18-20-7-1-8-21-18/h1-5,7-8,10,13H,6,9,11-12H2,(H,22,23)/t13-/m1/s1. The lowest BCUT2D eigenvalue weighted by molar-refractivity contribution is 0.300. The molecule has 0 saturated carbocycles. The second-order valence-electron chi connectivity index (χ2n) is 6.04. The quantitative estimate of drug-likeness (QED) is 0.774. The number of halogens is 1. The Kier molecular flexibility index (Phi) is 4.28. The third-order valence-corrected chi connectivity index (χ3v) is 4.30. The fraction of sp³-hybridized carbons (Fsp3) is 0.278. The summed E-state index contributed by atoms with van der Waals surface area (Å²) < 4.78 is 18.5. The van der Waals surface area contributed by atoms with Crippen LogP contribution < -0.4 is 9.64 Å². The number of nitrogens with zero attached hydrogens (tertiary/aromatic N) is 4. The molecule has 0 radical (unpaired) electrons. The Morgan fingerprint density at radius 2 is 2.00 bits per heavy atom. The SMILES string of the molecule is Fc1ccc(OCc2cc([C@@H]3CCN(c4ncccn4)C3)n[nH]2)cc1. The minimum atomic E-state index is -0.274. The fourth-order valence-corrected chi connectivity index (χ4v) is 2.99. The van der Waals surface area contributed by atoms with Gasteiger partial charge in [0.25, 0.3) is 0 Å². The van der Waals surface area contributed by atoms with Crippen LogP contribution in [-0.4, -0.2) is 33.3 Å². The summed E-state index contributed by atoms with van der Waals surface area (Å²) in [4.78, 5) is 10.8. The van der Waals surface area contributed by atoms with E-state index in [1.165, 1.54) is 12.1 Å². The van der Waals surface area contributed by atoms with Gasteiger partial charge in [0.05, 0.1) is 11.4 Å². The van der Waals surface area contributed by atoms with E-state index in [1.807, 2.05) is 12.1 Å². The van der Waals surface area contributed by atoms with Crippen molar-refractivity contribution in [1.82, 2.24) is 20.2 Å². The molecule has 7 heteroatoms. The molecule has 0 bridgehead atoms. The number of benzene rings is 1. The van der Waals surface area contributed by atoms with Gasteiger partial charge in [-0.25, -0.2) is 14.4 Å². The number of hydrogen-bond donors (Lipinski definition) is 1. The molecule has 1 N–H and O–H groups in total. The Balaban J connectivity index is 1.36. The molecule has 2 aromatic heterocycles. The summed E-state index contributed by atoms with van der Waals surface area (Å²) in [6, 6.07) is 9.84. The number of H-pyrrole nitrogens is 1. The third-order valence-electron chi connectivity index (χ3n) is 4.30. The molecule has 0 aliphatic carbocycles.